The normalized spacial score (nSPS) is 11.2. The minimum absolute atomic E-state index is 0.254. The van der Waals surface area contributed by atoms with E-state index in [1.54, 1.807) is 24.7 Å². The number of ether oxygens (including phenoxy) is 1. The Morgan fingerprint density at radius 1 is 1.07 bits per heavy atom. The lowest BCUT2D eigenvalue weighted by Crippen LogP contribution is -2.26. The lowest BCUT2D eigenvalue weighted by molar-refractivity contribution is 0.475. The average Bonchev–Trinajstić information content (AvgIpc) is 2.67. The molecule has 0 aliphatic rings. The third kappa shape index (κ3) is 5.05. The molecule has 0 atom stereocenters. The van der Waals surface area contributed by atoms with Crippen LogP contribution in [0.1, 0.15) is 22.3 Å². The van der Waals surface area contributed by atoms with E-state index >= 15 is 0 Å². The Labute approximate surface area is 165 Å². The van der Waals surface area contributed by atoms with Crippen LogP contribution in [-0.4, -0.2) is 25.4 Å². The topological polar surface area (TPSA) is 93.2 Å². The summed E-state index contributed by atoms with van der Waals surface area (Å²) in [6.45, 7) is 4.00. The molecule has 0 radical (unpaired) electrons. The van der Waals surface area contributed by atoms with Gasteiger partial charge in [0, 0.05) is 19.4 Å². The first-order chi connectivity index (χ1) is 13.4. The first-order valence-corrected chi connectivity index (χ1v) is 10.2. The van der Waals surface area contributed by atoms with Crippen molar-refractivity contribution in [1.29, 1.82) is 0 Å². The van der Waals surface area contributed by atoms with Gasteiger partial charge in [0.15, 0.2) is 0 Å². The van der Waals surface area contributed by atoms with E-state index in [1.165, 1.54) is 12.6 Å². The summed E-state index contributed by atoms with van der Waals surface area (Å²) in [4.78, 5) is 8.33. The van der Waals surface area contributed by atoms with Gasteiger partial charge in [0.25, 0.3) is 10.2 Å². The molecule has 3 aromatic rings. The molecule has 0 saturated carbocycles. The highest BCUT2D eigenvalue weighted by molar-refractivity contribution is 7.90. The van der Waals surface area contributed by atoms with Crippen LogP contribution < -0.4 is 14.2 Å². The number of pyridine rings is 2. The smallest absolute Gasteiger partial charge is 0.300 e. The molecule has 8 heteroatoms. The van der Waals surface area contributed by atoms with Crippen molar-refractivity contribution in [2.45, 2.75) is 20.3 Å². The van der Waals surface area contributed by atoms with Crippen molar-refractivity contribution in [3.05, 3.63) is 77.2 Å². The maximum atomic E-state index is 11.6. The molecule has 146 valence electrons. The number of nitrogens with zero attached hydrogens (tertiary/aromatic N) is 2. The number of nitrogens with one attached hydrogen (secondary N) is 2. The third-order valence-corrected chi connectivity index (χ3v) is 5.26. The molecule has 1 aromatic carbocycles. The summed E-state index contributed by atoms with van der Waals surface area (Å²) in [5, 5.41) is 0. The van der Waals surface area contributed by atoms with Crippen LogP contribution in [0.5, 0.6) is 11.5 Å². The van der Waals surface area contributed by atoms with Crippen molar-refractivity contribution in [3.63, 3.8) is 0 Å². The maximum Gasteiger partial charge on any atom is 0.300 e. The zero-order valence-electron chi connectivity index (χ0n) is 15.9. The van der Waals surface area contributed by atoms with E-state index in [4.69, 9.17) is 4.74 Å². The molecular weight excluding hydrogens is 376 g/mol. The fraction of sp³-hybridized carbons (Fsp3) is 0.200. The minimum Gasteiger partial charge on any atom is -0.455 e. The summed E-state index contributed by atoms with van der Waals surface area (Å²) in [5.74, 6) is 1.69. The van der Waals surface area contributed by atoms with Gasteiger partial charge >= 0.3 is 0 Å². The van der Waals surface area contributed by atoms with Gasteiger partial charge in [-0.3, -0.25) is 9.71 Å². The van der Waals surface area contributed by atoms with Gasteiger partial charge in [-0.1, -0.05) is 17.7 Å². The van der Waals surface area contributed by atoms with Gasteiger partial charge in [-0.05, 0) is 61.2 Å². The fourth-order valence-electron chi connectivity index (χ4n) is 2.61. The first-order valence-electron chi connectivity index (χ1n) is 8.70. The van der Waals surface area contributed by atoms with Gasteiger partial charge in [-0.25, -0.2) is 9.71 Å². The number of aryl methyl sites for hydroxylation is 1. The molecule has 0 spiro atoms. The van der Waals surface area contributed by atoms with Crippen molar-refractivity contribution in [2.75, 3.05) is 11.8 Å². The van der Waals surface area contributed by atoms with E-state index in [0.717, 1.165) is 22.4 Å². The van der Waals surface area contributed by atoms with E-state index in [2.05, 4.69) is 19.4 Å². The van der Waals surface area contributed by atoms with Gasteiger partial charge in [-0.2, -0.15) is 8.42 Å². The number of rotatable bonds is 7. The SMILES string of the molecule is CNS(=O)(=O)Nc1cc(Cc2cncc(Oc3ccc(C)cc3)c2C)ccn1. The molecule has 0 unspecified atom stereocenters. The number of hydrogen-bond acceptors (Lipinski definition) is 5. The third-order valence-electron chi connectivity index (χ3n) is 4.25. The van der Waals surface area contributed by atoms with E-state index in [-0.39, 0.29) is 5.82 Å². The largest absolute Gasteiger partial charge is 0.455 e. The number of anilines is 1. The first kappa shape index (κ1) is 19.8. The molecular formula is C20H22N4O3S. The van der Waals surface area contributed by atoms with E-state index in [0.29, 0.717) is 12.2 Å². The van der Waals surface area contributed by atoms with Crippen LogP contribution in [0.2, 0.25) is 0 Å². The molecule has 0 aliphatic carbocycles. The Bertz CT molecular complexity index is 1070. The summed E-state index contributed by atoms with van der Waals surface area (Å²) in [6, 6.07) is 11.4. The highest BCUT2D eigenvalue weighted by Gasteiger charge is 2.11. The standard InChI is InChI=1S/C20H22N4O3S/c1-14-4-6-18(7-5-14)27-19-13-22-12-17(15(19)2)10-16-8-9-23-20(11-16)24-28(25,26)21-3/h4-9,11-13,21H,10H2,1-3H3,(H,23,24). The zero-order chi connectivity index (χ0) is 20.1. The molecule has 0 aliphatic heterocycles. The lowest BCUT2D eigenvalue weighted by atomic mass is 10.0. The maximum absolute atomic E-state index is 11.6. The van der Waals surface area contributed by atoms with Crippen LogP contribution >= 0.6 is 0 Å². The molecule has 2 aromatic heterocycles. The van der Waals surface area contributed by atoms with Crippen LogP contribution in [0, 0.1) is 13.8 Å². The van der Waals surface area contributed by atoms with Crippen LogP contribution in [0.4, 0.5) is 5.82 Å². The number of hydrogen-bond donors (Lipinski definition) is 2. The summed E-state index contributed by atoms with van der Waals surface area (Å²) >= 11 is 0. The number of benzene rings is 1. The van der Waals surface area contributed by atoms with E-state index < -0.39 is 10.2 Å². The summed E-state index contributed by atoms with van der Waals surface area (Å²) in [7, 11) is -2.28. The Kier molecular flexibility index (Phi) is 5.91. The molecule has 28 heavy (non-hydrogen) atoms. The van der Waals surface area contributed by atoms with Crippen molar-refractivity contribution in [3.8, 4) is 11.5 Å². The van der Waals surface area contributed by atoms with Gasteiger partial charge in [0.1, 0.15) is 17.3 Å². The molecule has 0 fully saturated rings. The number of aromatic nitrogens is 2. The Morgan fingerprint density at radius 3 is 2.54 bits per heavy atom. The molecule has 3 rings (SSSR count). The molecule has 0 saturated heterocycles. The quantitative estimate of drug-likeness (QED) is 0.637. The predicted octanol–water partition coefficient (Wildman–Crippen LogP) is 3.35. The fourth-order valence-corrected chi connectivity index (χ4v) is 3.10. The van der Waals surface area contributed by atoms with Crippen LogP contribution in [0.25, 0.3) is 0 Å². The van der Waals surface area contributed by atoms with Gasteiger partial charge in [-0.15, -0.1) is 0 Å². The van der Waals surface area contributed by atoms with Gasteiger partial charge in [0.05, 0.1) is 6.20 Å². The van der Waals surface area contributed by atoms with Crippen molar-refractivity contribution < 1.29 is 13.2 Å². The Morgan fingerprint density at radius 2 is 1.82 bits per heavy atom. The Balaban J connectivity index is 1.80. The summed E-state index contributed by atoms with van der Waals surface area (Å²) in [5.41, 5.74) is 4.03. The zero-order valence-corrected chi connectivity index (χ0v) is 16.7. The van der Waals surface area contributed by atoms with Gasteiger partial charge < -0.3 is 4.74 Å². The van der Waals surface area contributed by atoms with Crippen molar-refractivity contribution in [1.82, 2.24) is 14.7 Å². The molecule has 2 heterocycles. The van der Waals surface area contributed by atoms with Crippen LogP contribution in [0.3, 0.4) is 0 Å². The Hall–Kier alpha value is -2.97. The lowest BCUT2D eigenvalue weighted by Gasteiger charge is -2.13. The molecule has 7 nitrogen and oxygen atoms in total. The monoisotopic (exact) mass is 398 g/mol. The second-order valence-electron chi connectivity index (χ2n) is 6.37. The minimum atomic E-state index is -3.61. The van der Waals surface area contributed by atoms with Crippen molar-refractivity contribution >= 4 is 16.0 Å². The molecule has 0 amide bonds. The second-order valence-corrected chi connectivity index (χ2v) is 7.99. The molecule has 0 bridgehead atoms. The van der Waals surface area contributed by atoms with Gasteiger partial charge in [0.2, 0.25) is 0 Å². The van der Waals surface area contributed by atoms with Crippen LogP contribution in [-0.2, 0) is 16.6 Å². The van der Waals surface area contributed by atoms with Crippen LogP contribution in [0.15, 0.2) is 55.0 Å². The second kappa shape index (κ2) is 8.37. The average molecular weight is 398 g/mol. The highest BCUT2D eigenvalue weighted by Crippen LogP contribution is 2.27. The highest BCUT2D eigenvalue weighted by atomic mass is 32.2. The van der Waals surface area contributed by atoms with Crippen molar-refractivity contribution in [2.24, 2.45) is 0 Å². The van der Waals surface area contributed by atoms with E-state index in [1.807, 2.05) is 44.2 Å². The van der Waals surface area contributed by atoms with E-state index in [9.17, 15) is 8.42 Å². The molecule has 2 N–H and O–H groups in total. The summed E-state index contributed by atoms with van der Waals surface area (Å²) in [6.07, 6.45) is 5.62. The predicted molar refractivity (Wildman–Crippen MR) is 109 cm³/mol. The summed E-state index contributed by atoms with van der Waals surface area (Å²) < 4.78 is 33.8.